The summed E-state index contributed by atoms with van der Waals surface area (Å²) in [6.45, 7) is 10.9. The van der Waals surface area contributed by atoms with E-state index in [2.05, 4.69) is 38.3 Å². The number of nitrogens with one attached hydrogen (secondary N) is 2. The van der Waals surface area contributed by atoms with Gasteiger partial charge in [0.1, 0.15) is 0 Å². The monoisotopic (exact) mass is 284 g/mol. The lowest BCUT2D eigenvalue weighted by Gasteiger charge is -2.27. The van der Waals surface area contributed by atoms with E-state index in [-0.39, 0.29) is 18.0 Å². The van der Waals surface area contributed by atoms with Crippen molar-refractivity contribution in [2.45, 2.75) is 85.2 Å². The first-order chi connectivity index (χ1) is 9.46. The van der Waals surface area contributed by atoms with Crippen LogP contribution in [0.15, 0.2) is 0 Å². The fourth-order valence-electron chi connectivity index (χ4n) is 2.75. The Morgan fingerprint density at radius 1 is 0.950 bits per heavy atom. The van der Waals surface area contributed by atoms with Gasteiger partial charge in [0.25, 0.3) is 0 Å². The third-order valence-corrected chi connectivity index (χ3v) is 4.37. The lowest BCUT2D eigenvalue weighted by Crippen LogP contribution is -2.46. The molecule has 2 N–H and O–H groups in total. The minimum Gasteiger partial charge on any atom is -0.352 e. The van der Waals surface area contributed by atoms with Crippen molar-refractivity contribution in [1.29, 1.82) is 0 Å². The van der Waals surface area contributed by atoms with Gasteiger partial charge in [0.15, 0.2) is 0 Å². The number of carbonyl (C=O) groups is 1. The molecule has 0 heterocycles. The van der Waals surface area contributed by atoms with Crippen LogP contribution in [0.4, 0.5) is 0 Å². The van der Waals surface area contributed by atoms with Gasteiger partial charge in [-0.05, 0) is 45.6 Å². The number of rotatable bonds is 11. The SMILES string of the molecule is CCCC(C)CCC(CCC)[C@@H](C)NC(=O)[C@H](C)NC. The van der Waals surface area contributed by atoms with E-state index >= 15 is 0 Å². The maximum absolute atomic E-state index is 12.0. The smallest absolute Gasteiger partial charge is 0.237 e. The Kier molecular flexibility index (Phi) is 10.8. The molecule has 0 aliphatic carbocycles. The van der Waals surface area contributed by atoms with Gasteiger partial charge in [-0.2, -0.15) is 0 Å². The van der Waals surface area contributed by atoms with E-state index in [0.29, 0.717) is 5.92 Å². The van der Waals surface area contributed by atoms with E-state index in [1.165, 1.54) is 38.5 Å². The van der Waals surface area contributed by atoms with Crippen LogP contribution in [0.25, 0.3) is 0 Å². The lowest BCUT2D eigenvalue weighted by molar-refractivity contribution is -0.123. The highest BCUT2D eigenvalue weighted by Crippen LogP contribution is 2.22. The molecule has 0 rings (SSSR count). The molecule has 3 nitrogen and oxygen atoms in total. The molecule has 0 spiro atoms. The van der Waals surface area contributed by atoms with Crippen LogP contribution >= 0.6 is 0 Å². The summed E-state index contributed by atoms with van der Waals surface area (Å²) in [7, 11) is 1.82. The minimum absolute atomic E-state index is 0.112. The van der Waals surface area contributed by atoms with Gasteiger partial charge in [-0.25, -0.2) is 0 Å². The first-order valence-electron chi connectivity index (χ1n) is 8.43. The van der Waals surface area contributed by atoms with Crippen molar-refractivity contribution < 1.29 is 4.79 Å². The zero-order valence-corrected chi connectivity index (χ0v) is 14.5. The average Bonchev–Trinajstić information content (AvgIpc) is 2.42. The first kappa shape index (κ1) is 19.4. The number of likely N-dealkylation sites (N-methyl/N-ethyl adjacent to an activating group) is 1. The van der Waals surface area contributed by atoms with Crippen molar-refractivity contribution in [2.24, 2.45) is 11.8 Å². The summed E-state index contributed by atoms with van der Waals surface area (Å²) in [4.78, 5) is 12.0. The van der Waals surface area contributed by atoms with Crippen LogP contribution in [-0.4, -0.2) is 25.0 Å². The molecule has 0 aromatic heterocycles. The third-order valence-electron chi connectivity index (χ3n) is 4.37. The van der Waals surface area contributed by atoms with E-state index in [9.17, 15) is 4.79 Å². The van der Waals surface area contributed by atoms with Crippen LogP contribution in [0.2, 0.25) is 0 Å². The van der Waals surface area contributed by atoms with Crippen LogP contribution < -0.4 is 10.6 Å². The van der Waals surface area contributed by atoms with Gasteiger partial charge in [0, 0.05) is 6.04 Å². The largest absolute Gasteiger partial charge is 0.352 e. The molecule has 0 aliphatic rings. The highest BCUT2D eigenvalue weighted by atomic mass is 16.2. The Morgan fingerprint density at radius 2 is 1.55 bits per heavy atom. The number of amides is 1. The zero-order chi connectivity index (χ0) is 15.5. The van der Waals surface area contributed by atoms with E-state index < -0.39 is 0 Å². The molecule has 2 unspecified atom stereocenters. The van der Waals surface area contributed by atoms with Crippen molar-refractivity contribution in [2.75, 3.05) is 7.05 Å². The molecule has 0 radical (unpaired) electrons. The predicted octanol–water partition coefficient (Wildman–Crippen LogP) is 3.73. The van der Waals surface area contributed by atoms with E-state index in [4.69, 9.17) is 0 Å². The summed E-state index contributed by atoms with van der Waals surface area (Å²) in [5.41, 5.74) is 0. The van der Waals surface area contributed by atoms with Crippen LogP contribution in [0.1, 0.15) is 73.1 Å². The van der Waals surface area contributed by atoms with Crippen LogP contribution in [0.5, 0.6) is 0 Å². The lowest BCUT2D eigenvalue weighted by atomic mass is 9.87. The van der Waals surface area contributed by atoms with Crippen LogP contribution in [-0.2, 0) is 4.79 Å². The molecule has 0 saturated heterocycles. The highest BCUT2D eigenvalue weighted by molar-refractivity contribution is 5.81. The topological polar surface area (TPSA) is 41.1 Å². The summed E-state index contributed by atoms with van der Waals surface area (Å²) in [6, 6.07) is 0.158. The van der Waals surface area contributed by atoms with Gasteiger partial charge in [-0.1, -0.05) is 46.5 Å². The third kappa shape index (κ3) is 7.88. The Morgan fingerprint density at radius 3 is 2.05 bits per heavy atom. The standard InChI is InChI=1S/C17H36N2O/c1-7-9-13(3)11-12-16(10-8-2)14(4)19-17(20)15(5)18-6/h13-16,18H,7-12H2,1-6H3,(H,19,20)/t13?,14-,15+,16?/m1/s1. The molecule has 0 bridgehead atoms. The molecule has 0 fully saturated rings. The summed E-state index contributed by atoms with van der Waals surface area (Å²) in [5, 5.41) is 6.17. The average molecular weight is 284 g/mol. The fourth-order valence-corrected chi connectivity index (χ4v) is 2.75. The number of hydrogen-bond acceptors (Lipinski definition) is 2. The number of hydrogen-bond donors (Lipinski definition) is 2. The highest BCUT2D eigenvalue weighted by Gasteiger charge is 2.21. The molecule has 0 aliphatic heterocycles. The Hall–Kier alpha value is -0.570. The molecule has 0 saturated carbocycles. The van der Waals surface area contributed by atoms with E-state index in [1.54, 1.807) is 0 Å². The molecule has 0 aromatic rings. The summed E-state index contributed by atoms with van der Waals surface area (Å²) >= 11 is 0. The van der Waals surface area contributed by atoms with Crippen molar-refractivity contribution in [3.05, 3.63) is 0 Å². The number of carbonyl (C=O) groups excluding carboxylic acids is 1. The molecule has 3 heteroatoms. The fraction of sp³-hybridized carbons (Fsp3) is 0.941. The Balaban J connectivity index is 4.31. The maximum Gasteiger partial charge on any atom is 0.237 e. The van der Waals surface area contributed by atoms with Crippen molar-refractivity contribution in [3.63, 3.8) is 0 Å². The Bertz CT molecular complexity index is 255. The Labute approximate surface area is 126 Å². The first-order valence-corrected chi connectivity index (χ1v) is 8.43. The normalized spacial score (nSPS) is 17.3. The second-order valence-electron chi connectivity index (χ2n) is 6.33. The summed E-state index contributed by atoms with van der Waals surface area (Å²) in [6.07, 6.45) is 7.48. The van der Waals surface area contributed by atoms with Gasteiger partial charge >= 0.3 is 0 Å². The van der Waals surface area contributed by atoms with Gasteiger partial charge in [-0.15, -0.1) is 0 Å². The van der Waals surface area contributed by atoms with E-state index in [0.717, 1.165) is 5.92 Å². The van der Waals surface area contributed by atoms with Gasteiger partial charge in [0.05, 0.1) is 6.04 Å². The molecule has 20 heavy (non-hydrogen) atoms. The summed E-state index contributed by atoms with van der Waals surface area (Å²) < 4.78 is 0. The van der Waals surface area contributed by atoms with Crippen LogP contribution in [0, 0.1) is 11.8 Å². The predicted molar refractivity (Wildman–Crippen MR) is 87.8 cm³/mol. The second-order valence-corrected chi connectivity index (χ2v) is 6.33. The maximum atomic E-state index is 12.0. The second kappa shape index (κ2) is 11.1. The van der Waals surface area contributed by atoms with Gasteiger partial charge < -0.3 is 10.6 Å². The van der Waals surface area contributed by atoms with Crippen LogP contribution in [0.3, 0.4) is 0 Å². The van der Waals surface area contributed by atoms with Crippen molar-refractivity contribution >= 4 is 5.91 Å². The van der Waals surface area contributed by atoms with Gasteiger partial charge in [0.2, 0.25) is 5.91 Å². The summed E-state index contributed by atoms with van der Waals surface area (Å²) in [5.74, 6) is 1.52. The van der Waals surface area contributed by atoms with Crippen molar-refractivity contribution in [1.82, 2.24) is 10.6 Å². The minimum atomic E-state index is -0.112. The molecular weight excluding hydrogens is 248 g/mol. The van der Waals surface area contributed by atoms with Gasteiger partial charge in [-0.3, -0.25) is 4.79 Å². The van der Waals surface area contributed by atoms with Crippen molar-refractivity contribution in [3.8, 4) is 0 Å². The zero-order valence-electron chi connectivity index (χ0n) is 14.5. The van der Waals surface area contributed by atoms with E-state index in [1.807, 2.05) is 14.0 Å². The molecule has 0 aromatic carbocycles. The molecular formula is C17H36N2O. The quantitative estimate of drug-likeness (QED) is 0.607. The molecule has 1 amide bonds. The molecule has 120 valence electrons. The molecule has 4 atom stereocenters.